The molecule has 1 unspecified atom stereocenters. The van der Waals surface area contributed by atoms with Gasteiger partial charge in [-0.3, -0.25) is 14.8 Å². The molecule has 25 heavy (non-hydrogen) atoms. The monoisotopic (exact) mass is 347 g/mol. The predicted octanol–water partition coefficient (Wildman–Crippen LogP) is 1.58. The molecule has 1 atom stereocenters. The molecule has 1 aliphatic rings. The van der Waals surface area contributed by atoms with E-state index in [1.165, 1.54) is 0 Å². The molecular formula is C17H21N3O5. The van der Waals surface area contributed by atoms with Crippen LogP contribution in [0.4, 0.5) is 0 Å². The fraction of sp³-hybridized carbons (Fsp3) is 0.412. The molecule has 8 heteroatoms. The molecule has 3 rings (SSSR count). The Bertz CT molecular complexity index is 746. The molecule has 0 bridgehead atoms. The zero-order valence-electron chi connectivity index (χ0n) is 14.2. The van der Waals surface area contributed by atoms with Gasteiger partial charge in [-0.15, -0.1) is 0 Å². The minimum Gasteiger partial charge on any atom is -0.486 e. The second-order valence-electron chi connectivity index (χ2n) is 5.88. The van der Waals surface area contributed by atoms with Gasteiger partial charge in [0, 0.05) is 13.7 Å². The number of ether oxygens (including phenoxy) is 3. The molecule has 0 amide bonds. The lowest BCUT2D eigenvalue weighted by molar-refractivity contribution is -0.143. The largest absolute Gasteiger partial charge is 0.486 e. The molecule has 8 nitrogen and oxygen atoms in total. The van der Waals surface area contributed by atoms with Crippen LogP contribution in [0.25, 0.3) is 0 Å². The summed E-state index contributed by atoms with van der Waals surface area (Å²) in [4.78, 5) is 13.6. The van der Waals surface area contributed by atoms with E-state index in [1.807, 2.05) is 6.07 Å². The van der Waals surface area contributed by atoms with E-state index >= 15 is 0 Å². The van der Waals surface area contributed by atoms with Crippen LogP contribution in [0.15, 0.2) is 24.3 Å². The third-order valence-electron chi connectivity index (χ3n) is 3.95. The number of hydrogen-bond donors (Lipinski definition) is 2. The number of nitrogens with one attached hydrogen (secondary N) is 1. The number of likely N-dealkylation sites (N-methyl/N-ethyl adjacent to an activating group) is 1. The number of carbonyl (C=O) groups is 1. The standard InChI is InChI=1S/C17H21N3O5/c1-20(9-12-8-13(10-23-2)19-18-12)16(17(21)22)11-3-4-14-15(7-11)25-6-5-24-14/h3-4,7-8,16H,5-6,9-10H2,1-2H3,(H,18,19)(H,21,22). The average Bonchev–Trinajstić information content (AvgIpc) is 3.02. The Labute approximate surface area is 145 Å². The zero-order chi connectivity index (χ0) is 17.8. The first kappa shape index (κ1) is 17.2. The van der Waals surface area contributed by atoms with E-state index in [0.29, 0.717) is 43.4 Å². The number of carboxylic acid groups (broad SMARTS) is 1. The van der Waals surface area contributed by atoms with Gasteiger partial charge in [-0.1, -0.05) is 6.07 Å². The number of nitrogens with zero attached hydrogens (tertiary/aromatic N) is 2. The number of aliphatic carboxylic acids is 1. The Morgan fingerprint density at radius 1 is 1.36 bits per heavy atom. The number of aromatic nitrogens is 2. The summed E-state index contributed by atoms with van der Waals surface area (Å²) in [6.45, 7) is 1.77. The van der Waals surface area contributed by atoms with E-state index in [9.17, 15) is 9.90 Å². The summed E-state index contributed by atoms with van der Waals surface area (Å²) in [7, 11) is 3.36. The van der Waals surface area contributed by atoms with Gasteiger partial charge in [0.05, 0.1) is 18.0 Å². The molecule has 1 aliphatic heterocycles. The summed E-state index contributed by atoms with van der Waals surface area (Å²) >= 11 is 0. The quantitative estimate of drug-likeness (QED) is 0.785. The number of rotatable bonds is 7. The van der Waals surface area contributed by atoms with Gasteiger partial charge in [0.2, 0.25) is 0 Å². The minimum atomic E-state index is -0.938. The van der Waals surface area contributed by atoms with Gasteiger partial charge in [0.25, 0.3) is 0 Å². The third-order valence-corrected chi connectivity index (χ3v) is 3.95. The molecule has 0 aliphatic carbocycles. The van der Waals surface area contributed by atoms with Crippen LogP contribution < -0.4 is 9.47 Å². The summed E-state index contributed by atoms with van der Waals surface area (Å²) in [6, 6.07) is 6.27. The van der Waals surface area contributed by atoms with Crippen molar-refractivity contribution in [3.8, 4) is 11.5 Å². The smallest absolute Gasteiger partial charge is 0.325 e. The predicted molar refractivity (Wildman–Crippen MR) is 88.6 cm³/mol. The van der Waals surface area contributed by atoms with Gasteiger partial charge in [-0.25, -0.2) is 0 Å². The van der Waals surface area contributed by atoms with Crippen LogP contribution in [0.5, 0.6) is 11.5 Å². The molecule has 0 spiro atoms. The normalized spacial score (nSPS) is 14.5. The molecule has 1 aromatic heterocycles. The van der Waals surface area contributed by atoms with E-state index in [-0.39, 0.29) is 0 Å². The van der Waals surface area contributed by atoms with Gasteiger partial charge < -0.3 is 19.3 Å². The van der Waals surface area contributed by atoms with Gasteiger partial charge in [-0.2, -0.15) is 5.10 Å². The molecule has 2 aromatic rings. The van der Waals surface area contributed by atoms with Crippen molar-refractivity contribution in [2.75, 3.05) is 27.4 Å². The van der Waals surface area contributed by atoms with Crippen LogP contribution >= 0.6 is 0 Å². The maximum Gasteiger partial charge on any atom is 0.325 e. The van der Waals surface area contributed by atoms with Crippen LogP contribution in [0.3, 0.4) is 0 Å². The fourth-order valence-electron chi connectivity index (χ4n) is 2.88. The fourth-order valence-corrected chi connectivity index (χ4v) is 2.88. The van der Waals surface area contributed by atoms with Crippen molar-refractivity contribution in [2.24, 2.45) is 0 Å². The van der Waals surface area contributed by atoms with Gasteiger partial charge in [0.15, 0.2) is 11.5 Å². The number of aromatic amines is 1. The lowest BCUT2D eigenvalue weighted by atomic mass is 10.0. The number of benzene rings is 1. The van der Waals surface area contributed by atoms with Gasteiger partial charge in [0.1, 0.15) is 19.3 Å². The maximum atomic E-state index is 11.8. The van der Waals surface area contributed by atoms with Crippen molar-refractivity contribution in [1.82, 2.24) is 15.1 Å². The van der Waals surface area contributed by atoms with Gasteiger partial charge >= 0.3 is 5.97 Å². The summed E-state index contributed by atoms with van der Waals surface area (Å²) in [5.74, 6) is 0.274. The lowest BCUT2D eigenvalue weighted by Gasteiger charge is -2.26. The topological polar surface area (TPSA) is 96.9 Å². The molecule has 0 radical (unpaired) electrons. The van der Waals surface area contributed by atoms with Crippen molar-refractivity contribution in [3.05, 3.63) is 41.2 Å². The van der Waals surface area contributed by atoms with E-state index < -0.39 is 12.0 Å². The van der Waals surface area contributed by atoms with E-state index in [0.717, 1.165) is 11.4 Å². The summed E-state index contributed by atoms with van der Waals surface area (Å²) < 4.78 is 16.1. The van der Waals surface area contributed by atoms with Crippen molar-refractivity contribution >= 4 is 5.97 Å². The first-order valence-corrected chi connectivity index (χ1v) is 7.93. The first-order chi connectivity index (χ1) is 12.1. The van der Waals surface area contributed by atoms with E-state index in [1.54, 1.807) is 37.3 Å². The molecule has 2 N–H and O–H groups in total. The number of methoxy groups -OCH3 is 1. The second kappa shape index (κ2) is 7.54. The van der Waals surface area contributed by atoms with Crippen molar-refractivity contribution < 1.29 is 24.1 Å². The minimum absolute atomic E-state index is 0.381. The first-order valence-electron chi connectivity index (χ1n) is 7.93. The summed E-state index contributed by atoms with van der Waals surface area (Å²) in [6.07, 6.45) is 0. The molecule has 134 valence electrons. The van der Waals surface area contributed by atoms with Crippen LogP contribution in [0.2, 0.25) is 0 Å². The highest BCUT2D eigenvalue weighted by atomic mass is 16.6. The van der Waals surface area contributed by atoms with Crippen LogP contribution in [-0.4, -0.2) is 53.5 Å². The Hall–Kier alpha value is -2.58. The molecule has 1 aromatic carbocycles. The Kier molecular flexibility index (Phi) is 5.20. The third kappa shape index (κ3) is 3.92. The number of H-pyrrole nitrogens is 1. The van der Waals surface area contributed by atoms with Crippen molar-refractivity contribution in [2.45, 2.75) is 19.2 Å². The highest BCUT2D eigenvalue weighted by Gasteiger charge is 2.27. The van der Waals surface area contributed by atoms with Crippen LogP contribution in [0.1, 0.15) is 23.0 Å². The second-order valence-corrected chi connectivity index (χ2v) is 5.88. The Morgan fingerprint density at radius 2 is 2.12 bits per heavy atom. The highest BCUT2D eigenvalue weighted by molar-refractivity contribution is 5.76. The molecule has 2 heterocycles. The van der Waals surface area contributed by atoms with E-state index in [2.05, 4.69) is 10.2 Å². The van der Waals surface area contributed by atoms with E-state index in [4.69, 9.17) is 14.2 Å². The molecule has 0 fully saturated rings. The Balaban J connectivity index is 1.78. The highest BCUT2D eigenvalue weighted by Crippen LogP contribution is 2.34. The Morgan fingerprint density at radius 3 is 2.84 bits per heavy atom. The SMILES string of the molecule is COCc1cc(CN(C)C(C(=O)O)c2ccc3c(c2)OCCO3)n[nH]1. The van der Waals surface area contributed by atoms with Crippen molar-refractivity contribution in [3.63, 3.8) is 0 Å². The number of hydrogen-bond acceptors (Lipinski definition) is 6. The van der Waals surface area contributed by atoms with Gasteiger partial charge in [-0.05, 0) is 30.8 Å². The van der Waals surface area contributed by atoms with Crippen LogP contribution in [-0.2, 0) is 22.7 Å². The summed E-state index contributed by atoms with van der Waals surface area (Å²) in [5, 5.41) is 16.8. The zero-order valence-corrected chi connectivity index (χ0v) is 14.2. The lowest BCUT2D eigenvalue weighted by Crippen LogP contribution is -2.30. The number of fused-ring (bicyclic) bond motifs is 1. The summed E-state index contributed by atoms with van der Waals surface area (Å²) in [5.41, 5.74) is 2.22. The van der Waals surface area contributed by atoms with Crippen LogP contribution in [0, 0.1) is 0 Å². The maximum absolute atomic E-state index is 11.8. The molecular weight excluding hydrogens is 326 g/mol. The molecule has 0 saturated carbocycles. The van der Waals surface area contributed by atoms with Crippen molar-refractivity contribution in [1.29, 1.82) is 0 Å². The molecule has 0 saturated heterocycles. The average molecular weight is 347 g/mol. The number of carboxylic acids is 1.